The summed E-state index contributed by atoms with van der Waals surface area (Å²) in [4.78, 5) is 40.1. The molecule has 0 radical (unpaired) electrons. The van der Waals surface area contributed by atoms with Crippen molar-refractivity contribution in [2.75, 3.05) is 0 Å². The molecule has 0 spiro atoms. The molecule has 9 nitrogen and oxygen atoms in total. The van der Waals surface area contributed by atoms with E-state index >= 15 is 0 Å². The van der Waals surface area contributed by atoms with Crippen LogP contribution in [0.1, 0.15) is 53.9 Å². The summed E-state index contributed by atoms with van der Waals surface area (Å²) in [7, 11) is 0. The fourth-order valence-corrected chi connectivity index (χ4v) is 1.12. The molecule has 0 heterocycles. The molecule has 0 aromatic heterocycles. The van der Waals surface area contributed by atoms with Gasteiger partial charge in [-0.05, 0) is 18.3 Å². The van der Waals surface area contributed by atoms with Crippen molar-refractivity contribution in [1.29, 1.82) is 0 Å². The average Bonchev–Trinajstić information content (AvgIpc) is 2.53. The number of hydrogen-bond donors (Lipinski definition) is 5. The van der Waals surface area contributed by atoms with E-state index in [1.807, 2.05) is 13.8 Å². The first-order valence-electron chi connectivity index (χ1n) is 8.06. The van der Waals surface area contributed by atoms with Crippen LogP contribution >= 0.6 is 0 Å². The minimum atomic E-state index is -1.33. The van der Waals surface area contributed by atoms with Gasteiger partial charge in [-0.1, -0.05) is 41.0 Å². The molecule has 25 heavy (non-hydrogen) atoms. The Morgan fingerprint density at radius 1 is 0.840 bits per heavy atom. The molecule has 0 aromatic carbocycles. The Morgan fingerprint density at radius 2 is 1.24 bits per heavy atom. The largest absolute Gasteiger partial charge is 0.480 e. The standard InChI is InChI=1S/C6H13NO2.C5H11NO2.C5H8O3/c1-3-4(2)5(7)6(8)9;1-3(2)4(6)5(7)8;1-2-3-4(6)5(7)8/h4-5H,3,7H2,1-2H3,(H,8,9);3-4H,6H2,1-2H3,(H,7,8);2-3H2,1H3,(H,7,8)/t4-,5-;4-;/m00./s1. The van der Waals surface area contributed by atoms with Crippen LogP contribution in [0.25, 0.3) is 0 Å². The van der Waals surface area contributed by atoms with Crippen molar-refractivity contribution in [3.63, 3.8) is 0 Å². The molecule has 0 amide bonds. The smallest absolute Gasteiger partial charge is 0.372 e. The predicted octanol–water partition coefficient (Wildman–Crippen LogP) is 0.939. The van der Waals surface area contributed by atoms with Crippen molar-refractivity contribution >= 4 is 23.7 Å². The number of carbonyl (C=O) groups is 4. The van der Waals surface area contributed by atoms with Gasteiger partial charge >= 0.3 is 17.9 Å². The van der Waals surface area contributed by atoms with Crippen LogP contribution in [0.2, 0.25) is 0 Å². The van der Waals surface area contributed by atoms with E-state index in [4.69, 9.17) is 26.8 Å². The number of aliphatic carboxylic acids is 3. The highest BCUT2D eigenvalue weighted by atomic mass is 16.4. The van der Waals surface area contributed by atoms with Crippen molar-refractivity contribution in [2.45, 2.75) is 66.0 Å². The molecule has 0 aliphatic rings. The number of nitrogens with two attached hydrogens (primary N) is 2. The Labute approximate surface area is 148 Å². The number of ketones is 1. The highest BCUT2D eigenvalue weighted by Crippen LogP contribution is 2.04. The van der Waals surface area contributed by atoms with E-state index in [2.05, 4.69) is 0 Å². The van der Waals surface area contributed by atoms with Gasteiger partial charge in [0.1, 0.15) is 12.1 Å². The Balaban J connectivity index is -0.000000291. The molecule has 0 aliphatic heterocycles. The lowest BCUT2D eigenvalue weighted by Crippen LogP contribution is -2.36. The Hall–Kier alpha value is -2.00. The fourth-order valence-electron chi connectivity index (χ4n) is 1.12. The molecule has 0 aromatic rings. The maximum Gasteiger partial charge on any atom is 0.372 e. The van der Waals surface area contributed by atoms with Crippen LogP contribution in [0.5, 0.6) is 0 Å². The van der Waals surface area contributed by atoms with Gasteiger partial charge in [-0.25, -0.2) is 4.79 Å². The second-order valence-corrected chi connectivity index (χ2v) is 5.84. The van der Waals surface area contributed by atoms with Crippen molar-refractivity contribution in [3.05, 3.63) is 0 Å². The summed E-state index contributed by atoms with van der Waals surface area (Å²) < 4.78 is 0. The SMILES string of the molecule is CC(C)[C@H](N)C(=O)O.CCCC(=O)C(=O)O.CC[C@H](C)[C@H](N)C(=O)O. The van der Waals surface area contributed by atoms with E-state index in [0.29, 0.717) is 6.42 Å². The summed E-state index contributed by atoms with van der Waals surface area (Å²) in [6.07, 6.45) is 1.56. The van der Waals surface area contributed by atoms with Crippen LogP contribution in [0.3, 0.4) is 0 Å². The number of Topliss-reactive ketones (excluding diaryl/α,β-unsaturated/α-hetero) is 1. The van der Waals surface area contributed by atoms with E-state index in [-0.39, 0.29) is 18.3 Å². The number of carboxylic acid groups (broad SMARTS) is 3. The first-order chi connectivity index (χ1) is 11.3. The van der Waals surface area contributed by atoms with Crippen LogP contribution in [0.4, 0.5) is 0 Å². The van der Waals surface area contributed by atoms with Crippen molar-refractivity contribution in [1.82, 2.24) is 0 Å². The van der Waals surface area contributed by atoms with Crippen LogP contribution in [0.15, 0.2) is 0 Å². The van der Waals surface area contributed by atoms with Gasteiger partial charge in [0, 0.05) is 6.42 Å². The topological polar surface area (TPSA) is 181 Å². The molecule has 9 heteroatoms. The van der Waals surface area contributed by atoms with Gasteiger partial charge in [0.25, 0.3) is 0 Å². The van der Waals surface area contributed by atoms with Gasteiger partial charge in [-0.3, -0.25) is 14.4 Å². The highest BCUT2D eigenvalue weighted by Gasteiger charge is 2.17. The molecular weight excluding hydrogens is 332 g/mol. The van der Waals surface area contributed by atoms with Gasteiger partial charge < -0.3 is 26.8 Å². The summed E-state index contributed by atoms with van der Waals surface area (Å²) >= 11 is 0. The average molecular weight is 364 g/mol. The summed E-state index contributed by atoms with van der Waals surface area (Å²) in [6.45, 7) is 9.07. The third kappa shape index (κ3) is 16.6. The zero-order valence-electron chi connectivity index (χ0n) is 15.6. The predicted molar refractivity (Wildman–Crippen MR) is 93.1 cm³/mol. The van der Waals surface area contributed by atoms with Crippen LogP contribution < -0.4 is 11.5 Å². The van der Waals surface area contributed by atoms with E-state index in [0.717, 1.165) is 6.42 Å². The summed E-state index contributed by atoms with van der Waals surface area (Å²) in [5, 5.41) is 24.5. The van der Waals surface area contributed by atoms with Crippen LogP contribution in [-0.4, -0.2) is 51.1 Å². The monoisotopic (exact) mass is 364 g/mol. The fraction of sp³-hybridized carbons (Fsp3) is 0.750. The highest BCUT2D eigenvalue weighted by molar-refractivity contribution is 6.32. The number of carboxylic acids is 3. The van der Waals surface area contributed by atoms with Gasteiger partial charge in [0.15, 0.2) is 0 Å². The van der Waals surface area contributed by atoms with Gasteiger partial charge in [-0.2, -0.15) is 0 Å². The molecule has 0 aliphatic carbocycles. The molecule has 7 N–H and O–H groups in total. The lowest BCUT2D eigenvalue weighted by molar-refractivity contribution is -0.149. The third-order valence-electron chi connectivity index (χ3n) is 3.26. The first-order valence-corrected chi connectivity index (χ1v) is 8.06. The molecule has 0 saturated heterocycles. The maximum atomic E-state index is 10.2. The molecule has 0 bridgehead atoms. The minimum Gasteiger partial charge on any atom is -0.480 e. The molecule has 3 atom stereocenters. The Bertz CT molecular complexity index is 425. The van der Waals surface area contributed by atoms with Gasteiger partial charge in [-0.15, -0.1) is 0 Å². The van der Waals surface area contributed by atoms with E-state index in [1.54, 1.807) is 20.8 Å². The summed E-state index contributed by atoms with van der Waals surface area (Å²) in [5.41, 5.74) is 10.4. The third-order valence-corrected chi connectivity index (χ3v) is 3.26. The molecular formula is C16H32N2O7. The molecule has 0 fully saturated rings. The number of rotatable bonds is 8. The number of carbonyl (C=O) groups excluding carboxylic acids is 1. The number of hydrogen-bond acceptors (Lipinski definition) is 6. The van der Waals surface area contributed by atoms with E-state index in [9.17, 15) is 19.2 Å². The zero-order chi connectivity index (χ0) is 20.7. The maximum absolute atomic E-state index is 10.2. The minimum absolute atomic E-state index is 0.0208. The van der Waals surface area contributed by atoms with E-state index < -0.39 is 35.8 Å². The quantitative estimate of drug-likeness (QED) is 0.391. The van der Waals surface area contributed by atoms with Crippen molar-refractivity contribution < 1.29 is 34.5 Å². The van der Waals surface area contributed by atoms with Crippen molar-refractivity contribution in [2.24, 2.45) is 23.3 Å². The molecule has 148 valence electrons. The Kier molecular flexibility index (Phi) is 17.3. The molecule has 0 saturated carbocycles. The van der Waals surface area contributed by atoms with Crippen molar-refractivity contribution in [3.8, 4) is 0 Å². The lowest BCUT2D eigenvalue weighted by Gasteiger charge is -2.11. The van der Waals surface area contributed by atoms with Crippen LogP contribution in [-0.2, 0) is 19.2 Å². The lowest BCUT2D eigenvalue weighted by atomic mass is 10.0. The summed E-state index contributed by atoms with van der Waals surface area (Å²) in [5.74, 6) is -3.78. The summed E-state index contributed by atoms with van der Waals surface area (Å²) in [6, 6.07) is -1.41. The second-order valence-electron chi connectivity index (χ2n) is 5.84. The normalized spacial score (nSPS) is 13.3. The first kappa shape index (κ1) is 27.8. The van der Waals surface area contributed by atoms with Gasteiger partial charge in [0.2, 0.25) is 5.78 Å². The molecule has 0 unspecified atom stereocenters. The van der Waals surface area contributed by atoms with Gasteiger partial charge in [0.05, 0.1) is 0 Å². The van der Waals surface area contributed by atoms with Crippen LogP contribution in [0, 0.1) is 11.8 Å². The molecule has 0 rings (SSSR count). The second kappa shape index (κ2) is 15.5. The Morgan fingerprint density at radius 3 is 1.32 bits per heavy atom. The zero-order valence-corrected chi connectivity index (χ0v) is 15.6. The van der Waals surface area contributed by atoms with E-state index in [1.165, 1.54) is 0 Å².